The monoisotopic (exact) mass is 636 g/mol. The van der Waals surface area contributed by atoms with Crippen molar-refractivity contribution >= 4 is 79.5 Å². The summed E-state index contributed by atoms with van der Waals surface area (Å²) in [5.74, 6) is -0.516. The predicted octanol–water partition coefficient (Wildman–Crippen LogP) is 5.31. The molecule has 1 aromatic carbocycles. The molecule has 1 heterocycles. The second kappa shape index (κ2) is 10.4. The van der Waals surface area contributed by atoms with E-state index in [2.05, 4.69) is 50.5 Å². The Bertz CT molecular complexity index is 1040. The number of amides is 1. The first-order valence-corrected chi connectivity index (χ1v) is 11.4. The van der Waals surface area contributed by atoms with E-state index in [1.165, 1.54) is 24.5 Å². The molecule has 0 atom stereocenters. The van der Waals surface area contributed by atoms with Crippen molar-refractivity contribution in [3.8, 4) is 11.8 Å². The third-order valence-electron chi connectivity index (χ3n) is 4.00. The highest BCUT2D eigenvalue weighted by Gasteiger charge is 2.23. The Morgan fingerprint density at radius 1 is 1.31 bits per heavy atom. The van der Waals surface area contributed by atoms with Crippen LogP contribution >= 0.6 is 56.5 Å². The molecule has 0 aliphatic carbocycles. The Hall–Kier alpha value is -1.65. The number of hydrogen-bond acceptors (Lipinski definition) is 6. The summed E-state index contributed by atoms with van der Waals surface area (Å²) in [4.78, 5) is 26.0. The van der Waals surface area contributed by atoms with E-state index in [4.69, 9.17) is 9.47 Å². The first-order valence-electron chi connectivity index (χ1n) is 8.46. The Morgan fingerprint density at radius 2 is 2.00 bits per heavy atom. The highest BCUT2D eigenvalue weighted by Crippen LogP contribution is 2.34. The number of aryl methyl sites for hydroxylation is 1. The average molecular weight is 636 g/mol. The molecule has 1 aromatic heterocycles. The van der Waals surface area contributed by atoms with Gasteiger partial charge in [-0.05, 0) is 89.7 Å². The van der Waals surface area contributed by atoms with Crippen LogP contribution in [0.2, 0.25) is 0 Å². The normalized spacial score (nSPS) is 11.0. The van der Waals surface area contributed by atoms with E-state index >= 15 is 0 Å². The van der Waals surface area contributed by atoms with Gasteiger partial charge in [-0.3, -0.25) is 4.79 Å². The molecule has 0 saturated carbocycles. The number of esters is 1. The number of nitriles is 1. The summed E-state index contributed by atoms with van der Waals surface area (Å²) in [5.41, 5.74) is 1.60. The van der Waals surface area contributed by atoms with Gasteiger partial charge in [-0.25, -0.2) is 4.79 Å². The maximum atomic E-state index is 12.8. The van der Waals surface area contributed by atoms with Gasteiger partial charge in [0.1, 0.15) is 22.4 Å². The molecule has 0 radical (unpaired) electrons. The van der Waals surface area contributed by atoms with Gasteiger partial charge in [-0.2, -0.15) is 5.26 Å². The number of halogens is 2. The van der Waals surface area contributed by atoms with Crippen LogP contribution in [0.25, 0.3) is 6.08 Å². The molecule has 0 spiro atoms. The first kappa shape index (κ1) is 23.6. The number of methoxy groups -OCH3 is 1. The minimum absolute atomic E-state index is 0.0976. The standard InChI is InChI=1S/C20H18I2N2O4S/c1-5-28-20(26)16-10(2)11(3)29-19(16)24-18(25)13(9-23)6-12-7-14(21)8-15(22)17(12)27-4/h6-8H,5H2,1-4H3,(H,24,25)/b13-6+. The van der Waals surface area contributed by atoms with Gasteiger partial charge < -0.3 is 14.8 Å². The van der Waals surface area contributed by atoms with Crippen LogP contribution < -0.4 is 10.1 Å². The fourth-order valence-corrected chi connectivity index (χ4v) is 5.69. The third kappa shape index (κ3) is 5.49. The van der Waals surface area contributed by atoms with Crippen molar-refractivity contribution in [2.45, 2.75) is 20.8 Å². The quantitative estimate of drug-likeness (QED) is 0.201. The lowest BCUT2D eigenvalue weighted by atomic mass is 10.1. The highest BCUT2D eigenvalue weighted by molar-refractivity contribution is 14.1. The fraction of sp³-hybridized carbons (Fsp3) is 0.250. The van der Waals surface area contributed by atoms with Crippen molar-refractivity contribution < 1.29 is 19.1 Å². The number of carbonyl (C=O) groups is 2. The number of nitrogens with zero attached hydrogens (tertiary/aromatic N) is 1. The van der Waals surface area contributed by atoms with Gasteiger partial charge in [0.2, 0.25) is 0 Å². The summed E-state index contributed by atoms with van der Waals surface area (Å²) in [6.07, 6.45) is 1.48. The van der Waals surface area contributed by atoms with E-state index < -0.39 is 11.9 Å². The van der Waals surface area contributed by atoms with Crippen LogP contribution in [0.3, 0.4) is 0 Å². The molecule has 152 valence electrons. The number of nitrogens with one attached hydrogen (secondary N) is 1. The van der Waals surface area contributed by atoms with Gasteiger partial charge in [-0.1, -0.05) is 0 Å². The van der Waals surface area contributed by atoms with Crippen LogP contribution in [0.1, 0.15) is 33.3 Å². The molecule has 0 bridgehead atoms. The molecule has 0 unspecified atom stereocenters. The molecule has 0 fully saturated rings. The maximum Gasteiger partial charge on any atom is 0.341 e. The predicted molar refractivity (Wildman–Crippen MR) is 130 cm³/mol. The van der Waals surface area contributed by atoms with Crippen molar-refractivity contribution in [3.05, 3.63) is 46.4 Å². The largest absolute Gasteiger partial charge is 0.495 e. The zero-order chi connectivity index (χ0) is 21.7. The van der Waals surface area contributed by atoms with Crippen molar-refractivity contribution in [1.29, 1.82) is 5.26 Å². The van der Waals surface area contributed by atoms with E-state index in [0.29, 0.717) is 21.9 Å². The lowest BCUT2D eigenvalue weighted by Crippen LogP contribution is -2.16. The molecule has 0 aliphatic heterocycles. The van der Waals surface area contributed by atoms with Crippen LogP contribution in [0.4, 0.5) is 5.00 Å². The zero-order valence-electron chi connectivity index (χ0n) is 16.2. The SMILES string of the molecule is CCOC(=O)c1c(NC(=O)/C(C#N)=C/c2cc(I)cc(I)c2OC)sc(C)c1C. The number of thiophene rings is 1. The smallest absolute Gasteiger partial charge is 0.341 e. The molecule has 0 saturated heterocycles. The van der Waals surface area contributed by atoms with Crippen molar-refractivity contribution in [2.75, 3.05) is 19.0 Å². The number of ether oxygens (including phenoxy) is 2. The van der Waals surface area contributed by atoms with Gasteiger partial charge >= 0.3 is 5.97 Å². The van der Waals surface area contributed by atoms with Gasteiger partial charge in [0.05, 0.1) is 22.9 Å². The molecule has 6 nitrogen and oxygen atoms in total. The number of benzene rings is 1. The average Bonchev–Trinajstić information content (AvgIpc) is 2.92. The first-order chi connectivity index (χ1) is 13.7. The summed E-state index contributed by atoms with van der Waals surface area (Å²) >= 11 is 5.58. The van der Waals surface area contributed by atoms with Crippen LogP contribution in [-0.2, 0) is 9.53 Å². The van der Waals surface area contributed by atoms with Crippen molar-refractivity contribution in [2.24, 2.45) is 0 Å². The molecule has 0 aliphatic rings. The number of hydrogen-bond donors (Lipinski definition) is 1. The molecular weight excluding hydrogens is 618 g/mol. The van der Waals surface area contributed by atoms with Crippen LogP contribution in [0.5, 0.6) is 5.75 Å². The molecular formula is C20H18I2N2O4S. The number of anilines is 1. The van der Waals surface area contributed by atoms with E-state index in [-0.39, 0.29) is 12.2 Å². The van der Waals surface area contributed by atoms with Gasteiger partial charge in [-0.15, -0.1) is 11.3 Å². The van der Waals surface area contributed by atoms with E-state index in [1.807, 2.05) is 25.1 Å². The second-order valence-electron chi connectivity index (χ2n) is 5.84. The minimum Gasteiger partial charge on any atom is -0.495 e. The Morgan fingerprint density at radius 3 is 2.59 bits per heavy atom. The topological polar surface area (TPSA) is 88.4 Å². The van der Waals surface area contributed by atoms with E-state index in [1.54, 1.807) is 13.8 Å². The Kier molecular flexibility index (Phi) is 8.47. The number of carbonyl (C=O) groups excluding carboxylic acids is 2. The highest BCUT2D eigenvalue weighted by atomic mass is 127. The number of rotatable bonds is 6. The van der Waals surface area contributed by atoms with Gasteiger partial charge in [0, 0.05) is 14.0 Å². The molecule has 9 heteroatoms. The van der Waals surface area contributed by atoms with Gasteiger partial charge in [0.25, 0.3) is 5.91 Å². The zero-order valence-corrected chi connectivity index (χ0v) is 21.3. The maximum absolute atomic E-state index is 12.8. The Balaban J connectivity index is 2.43. The van der Waals surface area contributed by atoms with Gasteiger partial charge in [0.15, 0.2) is 0 Å². The van der Waals surface area contributed by atoms with Crippen LogP contribution in [-0.4, -0.2) is 25.6 Å². The summed E-state index contributed by atoms with van der Waals surface area (Å²) < 4.78 is 12.3. The summed E-state index contributed by atoms with van der Waals surface area (Å²) in [6.45, 7) is 5.61. The summed E-state index contributed by atoms with van der Waals surface area (Å²) in [6, 6.07) is 5.70. The summed E-state index contributed by atoms with van der Waals surface area (Å²) in [7, 11) is 1.54. The molecule has 2 aromatic rings. The Labute approximate surface area is 200 Å². The molecule has 2 rings (SSSR count). The van der Waals surface area contributed by atoms with Crippen LogP contribution in [0, 0.1) is 32.3 Å². The minimum atomic E-state index is -0.602. The lowest BCUT2D eigenvalue weighted by molar-refractivity contribution is -0.112. The van der Waals surface area contributed by atoms with E-state index in [0.717, 1.165) is 17.6 Å². The summed E-state index contributed by atoms with van der Waals surface area (Å²) in [5, 5.41) is 12.6. The second-order valence-corrected chi connectivity index (χ2v) is 9.47. The van der Waals surface area contributed by atoms with E-state index in [9.17, 15) is 14.9 Å². The lowest BCUT2D eigenvalue weighted by Gasteiger charge is -2.10. The molecule has 1 amide bonds. The van der Waals surface area contributed by atoms with Crippen molar-refractivity contribution in [1.82, 2.24) is 0 Å². The van der Waals surface area contributed by atoms with Crippen LogP contribution in [0.15, 0.2) is 17.7 Å². The third-order valence-corrected chi connectivity index (χ3v) is 6.54. The molecule has 1 N–H and O–H groups in total. The fourth-order valence-electron chi connectivity index (χ4n) is 2.54. The van der Waals surface area contributed by atoms with Crippen molar-refractivity contribution in [3.63, 3.8) is 0 Å². The molecule has 29 heavy (non-hydrogen) atoms.